The molecule has 0 spiro atoms. The summed E-state index contributed by atoms with van der Waals surface area (Å²) in [6, 6.07) is 6.10. The van der Waals surface area contributed by atoms with Crippen molar-refractivity contribution in [1.29, 1.82) is 0 Å². The maximum atomic E-state index is 5.25. The first-order chi connectivity index (χ1) is 12.8. The van der Waals surface area contributed by atoms with Crippen molar-refractivity contribution in [3.63, 3.8) is 0 Å². The highest BCUT2D eigenvalue weighted by Crippen LogP contribution is 2.26. The fraction of sp³-hybridized carbons (Fsp3) is 0.412. The van der Waals surface area contributed by atoms with E-state index in [9.17, 15) is 0 Å². The van der Waals surface area contributed by atoms with E-state index in [1.54, 1.807) is 13.3 Å². The number of ether oxygens (including phenoxy) is 1. The van der Waals surface area contributed by atoms with E-state index in [4.69, 9.17) is 4.74 Å². The Morgan fingerprint density at radius 1 is 1.27 bits per heavy atom. The van der Waals surface area contributed by atoms with Crippen LogP contribution in [0.1, 0.15) is 18.5 Å². The van der Waals surface area contributed by atoms with Crippen LogP contribution >= 0.6 is 11.3 Å². The van der Waals surface area contributed by atoms with Crippen LogP contribution in [-0.4, -0.2) is 46.2 Å². The molecule has 3 N–H and O–H groups in total. The lowest BCUT2D eigenvalue weighted by molar-refractivity contribution is 0.181. The molecule has 8 nitrogen and oxygen atoms in total. The summed E-state index contributed by atoms with van der Waals surface area (Å²) in [5.74, 6) is 1.32. The molecule has 0 atom stereocenters. The van der Waals surface area contributed by atoms with E-state index in [-0.39, 0.29) is 0 Å². The van der Waals surface area contributed by atoms with Gasteiger partial charge in [-0.15, -0.1) is 0 Å². The Morgan fingerprint density at radius 3 is 2.96 bits per heavy atom. The van der Waals surface area contributed by atoms with Crippen molar-refractivity contribution in [2.24, 2.45) is 0 Å². The predicted octanol–water partition coefficient (Wildman–Crippen LogP) is 2.54. The van der Waals surface area contributed by atoms with Crippen LogP contribution in [0.5, 0.6) is 0 Å². The first-order valence-electron chi connectivity index (χ1n) is 8.63. The van der Waals surface area contributed by atoms with E-state index in [0.717, 1.165) is 47.1 Å². The number of aromatic nitrogens is 4. The molecule has 9 heteroatoms. The number of nitrogens with one attached hydrogen (secondary N) is 3. The largest absolute Gasteiger partial charge is 0.378 e. The van der Waals surface area contributed by atoms with Gasteiger partial charge >= 0.3 is 0 Å². The minimum absolute atomic E-state index is 0.383. The number of anilines is 3. The zero-order valence-electron chi connectivity index (χ0n) is 14.5. The van der Waals surface area contributed by atoms with Crippen molar-refractivity contribution in [3.05, 3.63) is 30.1 Å². The second-order valence-electron chi connectivity index (χ2n) is 6.14. The average molecular weight is 371 g/mol. The number of nitrogens with zero attached hydrogens (tertiary/aromatic N) is 4. The molecule has 0 unspecified atom stereocenters. The Bertz CT molecular complexity index is 845. The normalized spacial score (nSPS) is 15.3. The molecule has 1 aliphatic heterocycles. The lowest BCUT2D eigenvalue weighted by Crippen LogP contribution is -2.35. The van der Waals surface area contributed by atoms with Crippen LogP contribution in [0.3, 0.4) is 0 Å². The summed E-state index contributed by atoms with van der Waals surface area (Å²) in [5.41, 5.74) is 1.69. The number of piperidine rings is 1. The summed E-state index contributed by atoms with van der Waals surface area (Å²) in [6.07, 6.45) is 3.89. The van der Waals surface area contributed by atoms with Crippen LogP contribution in [0.4, 0.5) is 16.9 Å². The van der Waals surface area contributed by atoms with Crippen LogP contribution in [-0.2, 0) is 11.3 Å². The van der Waals surface area contributed by atoms with Gasteiger partial charge in [-0.1, -0.05) is 11.3 Å². The minimum Gasteiger partial charge on any atom is -0.378 e. The van der Waals surface area contributed by atoms with Gasteiger partial charge in [0.2, 0.25) is 5.95 Å². The van der Waals surface area contributed by atoms with Gasteiger partial charge in [0, 0.05) is 25.4 Å². The zero-order valence-corrected chi connectivity index (χ0v) is 15.3. The molecule has 0 bridgehead atoms. The number of fused-ring (bicyclic) bond motifs is 1. The van der Waals surface area contributed by atoms with E-state index in [2.05, 4.69) is 35.9 Å². The fourth-order valence-corrected chi connectivity index (χ4v) is 3.74. The summed E-state index contributed by atoms with van der Waals surface area (Å²) < 4.78 is 5.25. The molecular formula is C17H21N7OS. The van der Waals surface area contributed by atoms with Gasteiger partial charge in [-0.3, -0.25) is 0 Å². The molecule has 0 saturated carbocycles. The molecule has 3 aromatic rings. The van der Waals surface area contributed by atoms with Gasteiger partial charge in [-0.05, 0) is 38.1 Å². The second kappa shape index (κ2) is 7.90. The number of pyridine rings is 1. The minimum atomic E-state index is 0.383. The maximum Gasteiger partial charge on any atom is 0.225 e. The molecule has 3 aromatic heterocycles. The highest BCUT2D eigenvalue weighted by atomic mass is 32.1. The molecule has 1 aliphatic rings. The van der Waals surface area contributed by atoms with Crippen LogP contribution < -0.4 is 16.0 Å². The molecule has 136 valence electrons. The fourth-order valence-electron chi connectivity index (χ4n) is 2.93. The van der Waals surface area contributed by atoms with Gasteiger partial charge in [-0.25, -0.2) is 15.0 Å². The molecule has 0 aromatic carbocycles. The predicted molar refractivity (Wildman–Crippen MR) is 103 cm³/mol. The van der Waals surface area contributed by atoms with Crippen molar-refractivity contribution in [3.8, 4) is 0 Å². The monoisotopic (exact) mass is 371 g/mol. The highest BCUT2D eigenvalue weighted by Gasteiger charge is 2.15. The van der Waals surface area contributed by atoms with Crippen molar-refractivity contribution in [2.45, 2.75) is 25.5 Å². The Kier molecular flexibility index (Phi) is 5.19. The summed E-state index contributed by atoms with van der Waals surface area (Å²) in [7, 11) is 1.66. The van der Waals surface area contributed by atoms with E-state index in [1.807, 2.05) is 18.2 Å². The molecule has 4 rings (SSSR count). The Hall–Kier alpha value is -2.36. The number of rotatable bonds is 6. The van der Waals surface area contributed by atoms with Crippen LogP contribution in [0, 0.1) is 0 Å². The van der Waals surface area contributed by atoms with Crippen molar-refractivity contribution < 1.29 is 4.74 Å². The number of hydrogen-bond acceptors (Lipinski definition) is 9. The first kappa shape index (κ1) is 17.1. The second-order valence-corrected chi connectivity index (χ2v) is 7.12. The lowest BCUT2D eigenvalue weighted by Gasteiger charge is -2.24. The van der Waals surface area contributed by atoms with Crippen LogP contribution in [0.15, 0.2) is 24.4 Å². The molecule has 1 saturated heterocycles. The van der Waals surface area contributed by atoms with Gasteiger partial charge in [0.05, 0.1) is 12.3 Å². The molecule has 0 amide bonds. The third-order valence-electron chi connectivity index (χ3n) is 4.15. The molecule has 0 radical (unpaired) electrons. The number of hydrogen-bond donors (Lipinski definition) is 3. The first-order valence-corrected chi connectivity index (χ1v) is 9.44. The van der Waals surface area contributed by atoms with Crippen LogP contribution in [0.25, 0.3) is 10.3 Å². The molecule has 4 heterocycles. The van der Waals surface area contributed by atoms with Crippen molar-refractivity contribution in [1.82, 2.24) is 25.3 Å². The van der Waals surface area contributed by atoms with Crippen molar-refractivity contribution >= 4 is 38.6 Å². The molecular weight excluding hydrogens is 350 g/mol. The summed E-state index contributed by atoms with van der Waals surface area (Å²) >= 11 is 1.50. The quantitative estimate of drug-likeness (QED) is 0.608. The summed E-state index contributed by atoms with van der Waals surface area (Å²) in [5, 5.41) is 10.8. The Labute approximate surface area is 155 Å². The van der Waals surface area contributed by atoms with E-state index >= 15 is 0 Å². The van der Waals surface area contributed by atoms with Gasteiger partial charge in [-0.2, -0.15) is 4.98 Å². The third kappa shape index (κ3) is 4.06. The van der Waals surface area contributed by atoms with Gasteiger partial charge in [0.15, 0.2) is 5.13 Å². The lowest BCUT2D eigenvalue weighted by atomic mass is 10.1. The average Bonchev–Trinajstić information content (AvgIpc) is 3.05. The number of thiazole rings is 1. The van der Waals surface area contributed by atoms with E-state index < -0.39 is 0 Å². The standard InChI is InChI=1S/C17H21N7OS/c1-25-10-12-9-14(23-16(21-12)20-11-4-7-18-8-5-11)24-17-22-13-3-2-6-19-15(13)26-17/h2-3,6,9,11,18H,4-5,7-8,10H2,1H3,(H2,20,21,22,23,24). The third-order valence-corrected chi connectivity index (χ3v) is 5.04. The molecule has 26 heavy (non-hydrogen) atoms. The molecule has 0 aliphatic carbocycles. The zero-order chi connectivity index (χ0) is 17.8. The molecule has 1 fully saturated rings. The van der Waals surface area contributed by atoms with E-state index in [1.165, 1.54) is 11.3 Å². The van der Waals surface area contributed by atoms with Crippen molar-refractivity contribution in [2.75, 3.05) is 30.8 Å². The Balaban J connectivity index is 1.57. The van der Waals surface area contributed by atoms with Gasteiger partial charge in [0.1, 0.15) is 16.2 Å². The highest BCUT2D eigenvalue weighted by molar-refractivity contribution is 7.21. The maximum absolute atomic E-state index is 5.25. The topological polar surface area (TPSA) is 96.9 Å². The smallest absolute Gasteiger partial charge is 0.225 e. The van der Waals surface area contributed by atoms with Gasteiger partial charge in [0.25, 0.3) is 0 Å². The SMILES string of the molecule is COCc1cc(Nc2nc3cccnc3s2)nc(NC2CCNCC2)n1. The van der Waals surface area contributed by atoms with Crippen LogP contribution in [0.2, 0.25) is 0 Å². The summed E-state index contributed by atoms with van der Waals surface area (Å²) in [4.78, 5) is 19.0. The van der Waals surface area contributed by atoms with E-state index in [0.29, 0.717) is 24.4 Å². The summed E-state index contributed by atoms with van der Waals surface area (Å²) in [6.45, 7) is 2.46. The Morgan fingerprint density at radius 2 is 2.15 bits per heavy atom. The number of methoxy groups -OCH3 is 1. The van der Waals surface area contributed by atoms with Gasteiger partial charge < -0.3 is 20.7 Å².